The third kappa shape index (κ3) is 2.53. The monoisotopic (exact) mass is 242 g/mol. The molecule has 1 aliphatic carbocycles. The Morgan fingerprint density at radius 2 is 2.06 bits per heavy atom. The number of nitrogens with zero attached hydrogens (tertiary/aromatic N) is 2. The van der Waals surface area contributed by atoms with E-state index in [9.17, 15) is 0 Å². The average Bonchev–Trinajstić information content (AvgIpc) is 3.18. The minimum absolute atomic E-state index is 0.332. The quantitative estimate of drug-likeness (QED) is 0.791. The number of nitrogens with two attached hydrogens (primary N) is 1. The second-order valence-corrected chi connectivity index (χ2v) is 4.96. The first-order valence-corrected chi connectivity index (χ1v) is 6.59. The number of para-hydroxylation sites is 1. The van der Waals surface area contributed by atoms with Gasteiger partial charge in [-0.1, -0.05) is 25.0 Å². The number of rotatable bonds is 5. The highest BCUT2D eigenvalue weighted by molar-refractivity contribution is 5.89. The van der Waals surface area contributed by atoms with Crippen molar-refractivity contribution in [1.82, 2.24) is 9.97 Å². The van der Waals surface area contributed by atoms with Crippen molar-refractivity contribution >= 4 is 22.7 Å². The molecule has 0 aliphatic heterocycles. The van der Waals surface area contributed by atoms with Crippen LogP contribution in [0.1, 0.15) is 25.7 Å². The molecule has 0 amide bonds. The number of aromatic nitrogens is 2. The number of hydrogen-bond acceptors (Lipinski definition) is 4. The molecular formula is C14H18N4. The van der Waals surface area contributed by atoms with Crippen molar-refractivity contribution < 1.29 is 0 Å². The number of benzene rings is 1. The van der Waals surface area contributed by atoms with Crippen LogP contribution >= 0.6 is 0 Å². The van der Waals surface area contributed by atoms with E-state index in [1.165, 1.54) is 25.7 Å². The number of fused-ring (bicyclic) bond motifs is 1. The molecule has 4 nitrogen and oxygen atoms in total. The minimum atomic E-state index is 0.332. The molecular weight excluding hydrogens is 224 g/mol. The molecule has 94 valence electrons. The van der Waals surface area contributed by atoms with Gasteiger partial charge < -0.3 is 11.1 Å². The summed E-state index contributed by atoms with van der Waals surface area (Å²) in [6.45, 7) is 0.955. The summed E-state index contributed by atoms with van der Waals surface area (Å²) < 4.78 is 0. The summed E-state index contributed by atoms with van der Waals surface area (Å²) in [5.41, 5.74) is 6.62. The Kier molecular flexibility index (Phi) is 3.00. The van der Waals surface area contributed by atoms with E-state index in [-0.39, 0.29) is 0 Å². The van der Waals surface area contributed by atoms with Gasteiger partial charge >= 0.3 is 0 Å². The Morgan fingerprint density at radius 3 is 2.89 bits per heavy atom. The Labute approximate surface area is 107 Å². The summed E-state index contributed by atoms with van der Waals surface area (Å²) >= 11 is 0. The normalized spacial score (nSPS) is 14.9. The van der Waals surface area contributed by atoms with Crippen molar-refractivity contribution in [3.05, 3.63) is 24.3 Å². The minimum Gasteiger partial charge on any atom is -0.369 e. The number of hydrogen-bond donors (Lipinski definition) is 2. The van der Waals surface area contributed by atoms with E-state index in [0.717, 1.165) is 29.2 Å². The fraction of sp³-hybridized carbons (Fsp3) is 0.429. The van der Waals surface area contributed by atoms with Gasteiger partial charge in [-0.05, 0) is 30.9 Å². The topological polar surface area (TPSA) is 63.8 Å². The Bertz CT molecular complexity index is 548. The molecule has 3 rings (SSSR count). The summed E-state index contributed by atoms with van der Waals surface area (Å²) in [7, 11) is 0. The van der Waals surface area contributed by atoms with Crippen LogP contribution in [0.3, 0.4) is 0 Å². The van der Waals surface area contributed by atoms with Crippen molar-refractivity contribution in [3.8, 4) is 0 Å². The zero-order valence-electron chi connectivity index (χ0n) is 10.4. The van der Waals surface area contributed by atoms with Crippen molar-refractivity contribution in [1.29, 1.82) is 0 Å². The van der Waals surface area contributed by atoms with Crippen LogP contribution in [0, 0.1) is 5.92 Å². The molecule has 0 unspecified atom stereocenters. The van der Waals surface area contributed by atoms with E-state index >= 15 is 0 Å². The van der Waals surface area contributed by atoms with E-state index in [4.69, 9.17) is 5.73 Å². The van der Waals surface area contributed by atoms with Crippen molar-refractivity contribution in [2.45, 2.75) is 25.7 Å². The van der Waals surface area contributed by atoms with Crippen LogP contribution in [0.2, 0.25) is 0 Å². The third-order valence-electron chi connectivity index (χ3n) is 3.40. The second kappa shape index (κ2) is 4.80. The molecule has 0 bridgehead atoms. The highest BCUT2D eigenvalue weighted by Gasteiger charge is 2.20. The van der Waals surface area contributed by atoms with Crippen LogP contribution < -0.4 is 11.1 Å². The molecule has 1 aromatic heterocycles. The SMILES string of the molecule is Nc1nc(NCCCC2CC2)c2ccccc2n1. The zero-order chi connectivity index (χ0) is 12.4. The van der Waals surface area contributed by atoms with Gasteiger partial charge in [0.2, 0.25) is 5.95 Å². The molecule has 1 saturated carbocycles. The van der Waals surface area contributed by atoms with Crippen LogP contribution in [-0.2, 0) is 0 Å². The van der Waals surface area contributed by atoms with Crippen LogP contribution in [0.15, 0.2) is 24.3 Å². The fourth-order valence-electron chi connectivity index (χ4n) is 2.23. The molecule has 18 heavy (non-hydrogen) atoms. The lowest BCUT2D eigenvalue weighted by atomic mass is 10.2. The lowest BCUT2D eigenvalue weighted by Crippen LogP contribution is -2.07. The van der Waals surface area contributed by atoms with Gasteiger partial charge in [-0.3, -0.25) is 0 Å². The van der Waals surface area contributed by atoms with E-state index in [1.54, 1.807) is 0 Å². The molecule has 1 aliphatic rings. The van der Waals surface area contributed by atoms with Crippen molar-refractivity contribution in [2.24, 2.45) is 5.92 Å². The standard InChI is InChI=1S/C14H18N4/c15-14-17-12-6-2-1-5-11(12)13(18-14)16-9-3-4-10-7-8-10/h1-2,5-6,10H,3-4,7-9H2,(H3,15,16,17,18). The maximum atomic E-state index is 5.72. The molecule has 2 aromatic rings. The predicted octanol–water partition coefficient (Wildman–Crippen LogP) is 2.81. The van der Waals surface area contributed by atoms with Gasteiger partial charge in [0.15, 0.2) is 0 Å². The largest absolute Gasteiger partial charge is 0.369 e. The first-order chi connectivity index (χ1) is 8.83. The molecule has 0 saturated heterocycles. The van der Waals surface area contributed by atoms with Gasteiger partial charge in [-0.2, -0.15) is 4.98 Å². The van der Waals surface area contributed by atoms with E-state index in [1.807, 2.05) is 24.3 Å². The lowest BCUT2D eigenvalue weighted by molar-refractivity contribution is 0.687. The van der Waals surface area contributed by atoms with Crippen LogP contribution in [0.4, 0.5) is 11.8 Å². The Balaban J connectivity index is 1.72. The van der Waals surface area contributed by atoms with Crippen LogP contribution in [-0.4, -0.2) is 16.5 Å². The maximum Gasteiger partial charge on any atom is 0.222 e. The van der Waals surface area contributed by atoms with E-state index < -0.39 is 0 Å². The highest BCUT2D eigenvalue weighted by Crippen LogP contribution is 2.33. The maximum absolute atomic E-state index is 5.72. The van der Waals surface area contributed by atoms with Crippen molar-refractivity contribution in [3.63, 3.8) is 0 Å². The number of anilines is 2. The van der Waals surface area contributed by atoms with Crippen LogP contribution in [0.5, 0.6) is 0 Å². The predicted molar refractivity (Wildman–Crippen MR) is 74.4 cm³/mol. The number of nitrogens with one attached hydrogen (secondary N) is 1. The fourth-order valence-corrected chi connectivity index (χ4v) is 2.23. The summed E-state index contributed by atoms with van der Waals surface area (Å²) in [6, 6.07) is 7.95. The average molecular weight is 242 g/mol. The smallest absolute Gasteiger partial charge is 0.222 e. The summed E-state index contributed by atoms with van der Waals surface area (Å²) in [6.07, 6.45) is 5.36. The van der Waals surface area contributed by atoms with Gasteiger partial charge in [-0.25, -0.2) is 4.98 Å². The molecule has 3 N–H and O–H groups in total. The molecule has 0 spiro atoms. The van der Waals surface area contributed by atoms with Gasteiger partial charge in [0.1, 0.15) is 5.82 Å². The zero-order valence-corrected chi connectivity index (χ0v) is 10.4. The summed E-state index contributed by atoms with van der Waals surface area (Å²) in [5, 5.41) is 4.42. The van der Waals surface area contributed by atoms with Crippen LogP contribution in [0.25, 0.3) is 10.9 Å². The molecule has 0 radical (unpaired) electrons. The van der Waals surface area contributed by atoms with Gasteiger partial charge in [0.25, 0.3) is 0 Å². The molecule has 1 fully saturated rings. The molecule has 1 aromatic carbocycles. The van der Waals surface area contributed by atoms with Gasteiger partial charge in [0, 0.05) is 11.9 Å². The third-order valence-corrected chi connectivity index (χ3v) is 3.40. The summed E-state index contributed by atoms with van der Waals surface area (Å²) in [5.74, 6) is 2.17. The van der Waals surface area contributed by atoms with Gasteiger partial charge in [-0.15, -0.1) is 0 Å². The summed E-state index contributed by atoms with van der Waals surface area (Å²) in [4.78, 5) is 8.52. The lowest BCUT2D eigenvalue weighted by Gasteiger charge is -2.09. The Morgan fingerprint density at radius 1 is 1.22 bits per heavy atom. The first-order valence-electron chi connectivity index (χ1n) is 6.59. The highest BCUT2D eigenvalue weighted by atomic mass is 15.1. The molecule has 0 atom stereocenters. The molecule has 1 heterocycles. The van der Waals surface area contributed by atoms with E-state index in [2.05, 4.69) is 15.3 Å². The van der Waals surface area contributed by atoms with Gasteiger partial charge in [0.05, 0.1) is 5.52 Å². The van der Waals surface area contributed by atoms with Crippen molar-refractivity contribution in [2.75, 3.05) is 17.6 Å². The Hall–Kier alpha value is -1.84. The van der Waals surface area contributed by atoms with E-state index in [0.29, 0.717) is 5.95 Å². The second-order valence-electron chi connectivity index (χ2n) is 4.96. The molecule has 4 heteroatoms. The first kappa shape index (κ1) is 11.3. The number of nitrogen functional groups attached to an aromatic ring is 1.